The molecule has 2 unspecified atom stereocenters. The molecular formula is C24H30FNO6. The van der Waals surface area contributed by atoms with E-state index in [1.165, 1.54) is 30.9 Å². The number of benzene rings is 1. The van der Waals surface area contributed by atoms with Crippen LogP contribution in [0.2, 0.25) is 0 Å². The second-order valence-electron chi connectivity index (χ2n) is 9.77. The zero-order valence-corrected chi connectivity index (χ0v) is 19.1. The largest absolute Gasteiger partial charge is 0.444 e. The summed E-state index contributed by atoms with van der Waals surface area (Å²) in [5.41, 5.74) is -1.17. The van der Waals surface area contributed by atoms with Gasteiger partial charge in [-0.1, -0.05) is 18.2 Å². The molecule has 2 aliphatic rings. The molecule has 3 rings (SSSR count). The molecule has 0 N–H and O–H groups in total. The summed E-state index contributed by atoms with van der Waals surface area (Å²) < 4.78 is 30.0. The molecule has 0 radical (unpaired) electrons. The number of halogens is 1. The van der Waals surface area contributed by atoms with Crippen LogP contribution < -0.4 is 0 Å². The first kappa shape index (κ1) is 23.8. The fourth-order valence-corrected chi connectivity index (χ4v) is 4.47. The maximum Gasteiger partial charge on any atom is 0.410 e. The number of amides is 1. The number of carbonyl (C=O) groups excluding carboxylic acids is 3. The number of hydrogen-bond acceptors (Lipinski definition) is 6. The summed E-state index contributed by atoms with van der Waals surface area (Å²) in [6, 6.07) is 5.14. The second-order valence-corrected chi connectivity index (χ2v) is 9.77. The molecule has 32 heavy (non-hydrogen) atoms. The van der Waals surface area contributed by atoms with Crippen LogP contribution in [0.15, 0.2) is 36.9 Å². The van der Waals surface area contributed by atoms with E-state index in [1.54, 1.807) is 39.0 Å². The van der Waals surface area contributed by atoms with Crippen molar-refractivity contribution in [2.24, 2.45) is 5.92 Å². The van der Waals surface area contributed by atoms with Gasteiger partial charge in [-0.15, -0.1) is 6.58 Å². The van der Waals surface area contributed by atoms with Crippen LogP contribution >= 0.6 is 0 Å². The van der Waals surface area contributed by atoms with E-state index in [9.17, 15) is 18.8 Å². The van der Waals surface area contributed by atoms with E-state index in [-0.39, 0.29) is 19.4 Å². The minimum Gasteiger partial charge on any atom is -0.444 e. The number of cyclic esters (lactones) is 2. The molecule has 2 heterocycles. The van der Waals surface area contributed by atoms with Gasteiger partial charge in [-0.25, -0.2) is 9.18 Å². The summed E-state index contributed by atoms with van der Waals surface area (Å²) >= 11 is 0. The summed E-state index contributed by atoms with van der Waals surface area (Å²) in [6.07, 6.45) is 1.52. The van der Waals surface area contributed by atoms with Gasteiger partial charge in [-0.3, -0.25) is 9.59 Å². The van der Waals surface area contributed by atoms with E-state index in [0.29, 0.717) is 5.56 Å². The van der Waals surface area contributed by atoms with Gasteiger partial charge in [-0.05, 0) is 51.3 Å². The van der Waals surface area contributed by atoms with Crippen molar-refractivity contribution in [1.82, 2.24) is 4.90 Å². The highest BCUT2D eigenvalue weighted by atomic mass is 19.1. The van der Waals surface area contributed by atoms with Crippen LogP contribution in [-0.4, -0.2) is 46.9 Å². The topological polar surface area (TPSA) is 82.1 Å². The molecule has 7 nitrogen and oxygen atoms in total. The Morgan fingerprint density at radius 2 is 1.75 bits per heavy atom. The number of carbonyl (C=O) groups is 3. The number of ether oxygens (including phenoxy) is 3. The third-order valence-electron chi connectivity index (χ3n) is 5.81. The van der Waals surface area contributed by atoms with E-state index in [4.69, 9.17) is 14.2 Å². The second kappa shape index (κ2) is 8.22. The van der Waals surface area contributed by atoms with Crippen LogP contribution in [0.25, 0.3) is 0 Å². The van der Waals surface area contributed by atoms with Crippen LogP contribution in [0.1, 0.15) is 53.0 Å². The Balaban J connectivity index is 2.03. The molecule has 2 atom stereocenters. The minimum atomic E-state index is -1.37. The van der Waals surface area contributed by atoms with Crippen molar-refractivity contribution in [3.63, 3.8) is 0 Å². The maximum atomic E-state index is 13.7. The molecule has 8 heteroatoms. The van der Waals surface area contributed by atoms with E-state index in [1.807, 2.05) is 0 Å². The van der Waals surface area contributed by atoms with Crippen LogP contribution in [0.5, 0.6) is 0 Å². The van der Waals surface area contributed by atoms with E-state index >= 15 is 0 Å². The van der Waals surface area contributed by atoms with Crippen molar-refractivity contribution in [2.75, 3.05) is 6.54 Å². The fourth-order valence-electron chi connectivity index (χ4n) is 4.47. The Labute approximate surface area is 187 Å². The van der Waals surface area contributed by atoms with E-state index in [0.717, 1.165) is 0 Å². The van der Waals surface area contributed by atoms with Crippen molar-refractivity contribution in [1.29, 1.82) is 0 Å². The first-order valence-electron chi connectivity index (χ1n) is 10.6. The van der Waals surface area contributed by atoms with Crippen LogP contribution in [0, 0.1) is 11.7 Å². The number of nitrogens with zero attached hydrogens (tertiary/aromatic N) is 1. The fraction of sp³-hybridized carbons (Fsp3) is 0.542. The van der Waals surface area contributed by atoms with Gasteiger partial charge in [0.1, 0.15) is 11.4 Å². The molecule has 1 amide bonds. The lowest BCUT2D eigenvalue weighted by atomic mass is 9.62. The van der Waals surface area contributed by atoms with Gasteiger partial charge in [0.15, 0.2) is 5.92 Å². The predicted molar refractivity (Wildman–Crippen MR) is 114 cm³/mol. The lowest BCUT2D eigenvalue weighted by molar-refractivity contribution is -0.244. The summed E-state index contributed by atoms with van der Waals surface area (Å²) in [5, 5.41) is 0. The Morgan fingerprint density at radius 3 is 2.25 bits per heavy atom. The average Bonchev–Trinajstić information content (AvgIpc) is 2.65. The third-order valence-corrected chi connectivity index (χ3v) is 5.81. The molecular weight excluding hydrogens is 417 g/mol. The third kappa shape index (κ3) is 4.64. The van der Waals surface area contributed by atoms with Crippen molar-refractivity contribution >= 4 is 18.0 Å². The van der Waals surface area contributed by atoms with Crippen molar-refractivity contribution in [3.8, 4) is 0 Å². The summed E-state index contributed by atoms with van der Waals surface area (Å²) in [7, 11) is 0. The zero-order valence-electron chi connectivity index (χ0n) is 19.1. The average molecular weight is 448 g/mol. The number of rotatable bonds is 3. The molecule has 0 aromatic heterocycles. The number of hydrogen-bond donors (Lipinski definition) is 0. The monoisotopic (exact) mass is 447 g/mol. The van der Waals surface area contributed by atoms with Crippen LogP contribution in [-0.2, 0) is 29.2 Å². The van der Waals surface area contributed by atoms with Crippen LogP contribution in [0.4, 0.5) is 9.18 Å². The summed E-state index contributed by atoms with van der Waals surface area (Å²) in [6.45, 7) is 12.3. The Bertz CT molecular complexity index is 899. The van der Waals surface area contributed by atoms with Gasteiger partial charge < -0.3 is 19.1 Å². The smallest absolute Gasteiger partial charge is 0.410 e. The van der Waals surface area contributed by atoms with Gasteiger partial charge in [0.2, 0.25) is 0 Å². The Morgan fingerprint density at radius 1 is 1.19 bits per heavy atom. The van der Waals surface area contributed by atoms with Gasteiger partial charge in [0.25, 0.3) is 5.79 Å². The predicted octanol–water partition coefficient (Wildman–Crippen LogP) is 4.10. The van der Waals surface area contributed by atoms with E-state index < -0.39 is 52.6 Å². The highest BCUT2D eigenvalue weighted by molar-refractivity contribution is 5.98. The summed E-state index contributed by atoms with van der Waals surface area (Å²) in [4.78, 5) is 40.4. The van der Waals surface area contributed by atoms with Gasteiger partial charge in [0, 0.05) is 25.8 Å². The van der Waals surface area contributed by atoms with Gasteiger partial charge >= 0.3 is 18.0 Å². The lowest BCUT2D eigenvalue weighted by Crippen LogP contribution is -2.60. The van der Waals surface area contributed by atoms with E-state index in [2.05, 4.69) is 6.58 Å². The Hall–Kier alpha value is -2.90. The maximum absolute atomic E-state index is 13.7. The van der Waals surface area contributed by atoms with Crippen molar-refractivity contribution in [2.45, 2.75) is 70.3 Å². The van der Waals surface area contributed by atoms with Gasteiger partial charge in [0.05, 0.1) is 6.04 Å². The van der Waals surface area contributed by atoms with Gasteiger partial charge in [-0.2, -0.15) is 0 Å². The summed E-state index contributed by atoms with van der Waals surface area (Å²) in [5.74, 6) is -4.48. The zero-order chi connectivity index (χ0) is 23.9. The number of piperidine rings is 1. The molecule has 0 aliphatic carbocycles. The SMILES string of the molecule is C=CC1CC(c2ccc(F)cc2)(C2C(=O)OC(C)(C)OC2=O)CCN1C(=O)OC(C)(C)C. The lowest BCUT2D eigenvalue weighted by Gasteiger charge is -2.50. The molecule has 0 bridgehead atoms. The quantitative estimate of drug-likeness (QED) is 0.394. The molecule has 1 aromatic rings. The normalized spacial score (nSPS) is 26.2. The van der Waals surface area contributed by atoms with Crippen molar-refractivity contribution < 1.29 is 33.0 Å². The van der Waals surface area contributed by atoms with Crippen molar-refractivity contribution in [3.05, 3.63) is 48.3 Å². The highest BCUT2D eigenvalue weighted by Gasteiger charge is 2.58. The molecule has 0 saturated carbocycles. The molecule has 0 spiro atoms. The molecule has 2 aliphatic heterocycles. The standard InChI is InChI=1S/C24H30FNO6/c1-7-17-14-24(15-8-10-16(25)11-9-15,12-13-26(17)21(29)32-22(2,3)4)18-19(27)30-23(5,6)31-20(18)28/h7-11,17-18H,1,12-14H2,2-6H3. The molecule has 2 saturated heterocycles. The minimum absolute atomic E-state index is 0.191. The molecule has 174 valence electrons. The highest BCUT2D eigenvalue weighted by Crippen LogP contribution is 2.47. The van der Waals surface area contributed by atoms with Crippen LogP contribution in [0.3, 0.4) is 0 Å². The Kier molecular flexibility index (Phi) is 6.10. The molecule has 1 aromatic carbocycles. The number of likely N-dealkylation sites (tertiary alicyclic amines) is 1. The first-order chi connectivity index (χ1) is 14.8. The first-order valence-corrected chi connectivity index (χ1v) is 10.6. The number of esters is 2. The molecule has 2 fully saturated rings.